The van der Waals surface area contributed by atoms with Gasteiger partial charge in [0.15, 0.2) is 0 Å². The Bertz CT molecular complexity index is 431. The van der Waals surface area contributed by atoms with Gasteiger partial charge in [0, 0.05) is 18.6 Å². The summed E-state index contributed by atoms with van der Waals surface area (Å²) in [5.74, 6) is 1.12. The molecule has 0 aromatic heterocycles. The predicted octanol–water partition coefficient (Wildman–Crippen LogP) is 3.41. The molecule has 1 fully saturated rings. The van der Waals surface area contributed by atoms with Gasteiger partial charge in [-0.15, -0.1) is 0 Å². The number of halogens is 1. The molecule has 0 heterocycles. The molecule has 0 saturated heterocycles. The van der Waals surface area contributed by atoms with Crippen LogP contribution in [0.25, 0.3) is 0 Å². The van der Waals surface area contributed by atoms with Crippen LogP contribution in [0.15, 0.2) is 24.3 Å². The van der Waals surface area contributed by atoms with Gasteiger partial charge in [0.2, 0.25) is 0 Å². The molecule has 3 atom stereocenters. The Morgan fingerprint density at radius 2 is 1.95 bits per heavy atom. The van der Waals surface area contributed by atoms with E-state index >= 15 is 0 Å². The van der Waals surface area contributed by atoms with Gasteiger partial charge in [-0.25, -0.2) is 4.39 Å². The maximum absolute atomic E-state index is 13.0. The van der Waals surface area contributed by atoms with E-state index in [1.807, 2.05) is 12.1 Å². The molecule has 2 nitrogen and oxygen atoms in total. The summed E-state index contributed by atoms with van der Waals surface area (Å²) in [5, 5.41) is 0. The first-order valence-corrected chi connectivity index (χ1v) is 7.65. The highest BCUT2D eigenvalue weighted by Gasteiger charge is 2.43. The summed E-state index contributed by atoms with van der Waals surface area (Å²) in [5.41, 5.74) is 7.39. The topological polar surface area (TPSA) is 29.3 Å². The lowest BCUT2D eigenvalue weighted by Crippen LogP contribution is -2.59. The van der Waals surface area contributed by atoms with Gasteiger partial charge in [-0.1, -0.05) is 38.8 Å². The van der Waals surface area contributed by atoms with E-state index in [2.05, 4.69) is 25.8 Å². The SMILES string of the molecule is CC1CCCC(CN)(N(C)Cc2ccc(F)cc2)C1C. The molecule has 3 heteroatoms. The quantitative estimate of drug-likeness (QED) is 0.914. The molecule has 2 rings (SSSR count). The van der Waals surface area contributed by atoms with Crippen molar-refractivity contribution in [2.75, 3.05) is 13.6 Å². The van der Waals surface area contributed by atoms with Crippen LogP contribution in [0, 0.1) is 17.7 Å². The van der Waals surface area contributed by atoms with Crippen LogP contribution in [-0.4, -0.2) is 24.0 Å². The molecular weight excluding hydrogens is 251 g/mol. The van der Waals surface area contributed by atoms with E-state index in [4.69, 9.17) is 5.73 Å². The third-order valence-electron chi connectivity index (χ3n) is 5.42. The lowest BCUT2D eigenvalue weighted by atomic mass is 9.67. The Labute approximate surface area is 122 Å². The van der Waals surface area contributed by atoms with E-state index in [1.54, 1.807) is 0 Å². The first kappa shape index (κ1) is 15.5. The Hall–Kier alpha value is -0.930. The molecule has 3 unspecified atom stereocenters. The van der Waals surface area contributed by atoms with Crippen molar-refractivity contribution in [3.05, 3.63) is 35.6 Å². The summed E-state index contributed by atoms with van der Waals surface area (Å²) in [7, 11) is 2.16. The molecule has 0 aliphatic heterocycles. The zero-order valence-electron chi connectivity index (χ0n) is 12.9. The van der Waals surface area contributed by atoms with Crippen molar-refractivity contribution in [2.24, 2.45) is 17.6 Å². The normalized spacial score (nSPS) is 30.7. The zero-order valence-corrected chi connectivity index (χ0v) is 12.9. The van der Waals surface area contributed by atoms with Crippen molar-refractivity contribution in [1.29, 1.82) is 0 Å². The molecule has 0 radical (unpaired) electrons. The van der Waals surface area contributed by atoms with Crippen molar-refractivity contribution in [3.63, 3.8) is 0 Å². The Balaban J connectivity index is 2.15. The zero-order chi connectivity index (χ0) is 14.8. The van der Waals surface area contributed by atoms with E-state index in [1.165, 1.54) is 25.0 Å². The van der Waals surface area contributed by atoms with Crippen molar-refractivity contribution >= 4 is 0 Å². The summed E-state index contributed by atoms with van der Waals surface area (Å²) >= 11 is 0. The molecule has 0 bridgehead atoms. The van der Waals surface area contributed by atoms with Gasteiger partial charge in [-0.3, -0.25) is 4.90 Å². The summed E-state index contributed by atoms with van der Waals surface area (Å²) < 4.78 is 13.0. The average molecular weight is 278 g/mol. The maximum Gasteiger partial charge on any atom is 0.123 e. The van der Waals surface area contributed by atoms with Crippen LogP contribution in [0.1, 0.15) is 38.7 Å². The van der Waals surface area contributed by atoms with Crippen LogP contribution < -0.4 is 5.73 Å². The lowest BCUT2D eigenvalue weighted by molar-refractivity contribution is 0.00136. The smallest absolute Gasteiger partial charge is 0.123 e. The first-order chi connectivity index (χ1) is 9.49. The van der Waals surface area contributed by atoms with Crippen molar-refractivity contribution in [2.45, 2.75) is 45.2 Å². The number of hydrogen-bond acceptors (Lipinski definition) is 2. The summed E-state index contributed by atoms with van der Waals surface area (Å²) in [6.07, 6.45) is 3.70. The van der Waals surface area contributed by atoms with E-state index in [-0.39, 0.29) is 11.4 Å². The molecule has 112 valence electrons. The monoisotopic (exact) mass is 278 g/mol. The van der Waals surface area contributed by atoms with Crippen molar-refractivity contribution < 1.29 is 4.39 Å². The summed E-state index contributed by atoms with van der Waals surface area (Å²) in [4.78, 5) is 2.39. The van der Waals surface area contributed by atoms with E-state index < -0.39 is 0 Å². The van der Waals surface area contributed by atoms with E-state index in [0.717, 1.165) is 18.5 Å². The minimum absolute atomic E-state index is 0.0754. The maximum atomic E-state index is 13.0. The fourth-order valence-corrected chi connectivity index (χ4v) is 3.74. The van der Waals surface area contributed by atoms with Gasteiger partial charge in [0.05, 0.1) is 0 Å². The fraction of sp³-hybridized carbons (Fsp3) is 0.647. The third kappa shape index (κ3) is 2.89. The second-order valence-electron chi connectivity index (χ2n) is 6.45. The van der Waals surface area contributed by atoms with E-state index in [9.17, 15) is 4.39 Å². The number of nitrogens with zero attached hydrogens (tertiary/aromatic N) is 1. The van der Waals surface area contributed by atoms with Crippen LogP contribution in [-0.2, 0) is 6.54 Å². The first-order valence-electron chi connectivity index (χ1n) is 7.65. The van der Waals surface area contributed by atoms with Crippen molar-refractivity contribution in [3.8, 4) is 0 Å². The van der Waals surface area contributed by atoms with Gasteiger partial charge < -0.3 is 5.73 Å². The molecule has 1 aliphatic rings. The summed E-state index contributed by atoms with van der Waals surface area (Å²) in [6, 6.07) is 6.80. The number of rotatable bonds is 4. The van der Waals surface area contributed by atoms with Gasteiger partial charge in [0.25, 0.3) is 0 Å². The number of benzene rings is 1. The van der Waals surface area contributed by atoms with Crippen LogP contribution in [0.2, 0.25) is 0 Å². The van der Waals surface area contributed by atoms with Gasteiger partial charge in [0.1, 0.15) is 5.82 Å². The lowest BCUT2D eigenvalue weighted by Gasteiger charge is -2.51. The van der Waals surface area contributed by atoms with Gasteiger partial charge in [-0.05, 0) is 43.0 Å². The molecule has 0 spiro atoms. The Kier molecular flexibility index (Phi) is 4.82. The highest BCUT2D eigenvalue weighted by molar-refractivity contribution is 5.16. The van der Waals surface area contributed by atoms with Crippen LogP contribution >= 0.6 is 0 Å². The second kappa shape index (κ2) is 6.23. The number of nitrogens with two attached hydrogens (primary N) is 1. The summed E-state index contributed by atoms with van der Waals surface area (Å²) in [6.45, 7) is 6.18. The van der Waals surface area contributed by atoms with Crippen LogP contribution in [0.3, 0.4) is 0 Å². The molecule has 1 aliphatic carbocycles. The highest BCUT2D eigenvalue weighted by Crippen LogP contribution is 2.41. The van der Waals surface area contributed by atoms with E-state index in [0.29, 0.717) is 18.4 Å². The minimum Gasteiger partial charge on any atom is -0.329 e. The van der Waals surface area contributed by atoms with Crippen LogP contribution in [0.4, 0.5) is 4.39 Å². The molecule has 0 amide bonds. The standard InChI is InChI=1S/C17H27FN2/c1-13-5-4-10-17(12-19,14(13)2)20(3)11-15-6-8-16(18)9-7-15/h6-9,13-14H,4-5,10-12,19H2,1-3H3. The second-order valence-corrected chi connectivity index (χ2v) is 6.45. The molecule has 20 heavy (non-hydrogen) atoms. The molecular formula is C17H27FN2. The molecule has 1 aromatic carbocycles. The molecule has 1 saturated carbocycles. The molecule has 2 N–H and O–H groups in total. The minimum atomic E-state index is -0.176. The van der Waals surface area contributed by atoms with Gasteiger partial charge in [-0.2, -0.15) is 0 Å². The average Bonchev–Trinajstić information content (AvgIpc) is 2.44. The fourth-order valence-electron chi connectivity index (χ4n) is 3.74. The Morgan fingerprint density at radius 1 is 1.30 bits per heavy atom. The Morgan fingerprint density at radius 3 is 2.55 bits per heavy atom. The largest absolute Gasteiger partial charge is 0.329 e. The van der Waals surface area contributed by atoms with Gasteiger partial charge >= 0.3 is 0 Å². The third-order valence-corrected chi connectivity index (χ3v) is 5.42. The number of hydrogen-bond donors (Lipinski definition) is 1. The molecule has 1 aromatic rings. The van der Waals surface area contributed by atoms with Crippen LogP contribution in [0.5, 0.6) is 0 Å². The predicted molar refractivity (Wildman–Crippen MR) is 81.8 cm³/mol. The van der Waals surface area contributed by atoms with Crippen molar-refractivity contribution in [1.82, 2.24) is 4.90 Å². The highest BCUT2D eigenvalue weighted by atomic mass is 19.1. The number of likely N-dealkylation sites (N-methyl/N-ethyl adjacent to an activating group) is 1.